The molecule has 0 radical (unpaired) electrons. The first-order chi connectivity index (χ1) is 13.3. The minimum absolute atomic E-state index is 0.0388. The Kier molecular flexibility index (Phi) is 4.03. The van der Waals surface area contributed by atoms with Gasteiger partial charge in [-0.3, -0.25) is 0 Å². The van der Waals surface area contributed by atoms with E-state index in [1.54, 1.807) is 0 Å². The summed E-state index contributed by atoms with van der Waals surface area (Å²) in [5.41, 5.74) is 6.76. The van der Waals surface area contributed by atoms with E-state index in [4.69, 9.17) is 4.74 Å². The molecule has 2 aromatic carbocycles. The summed E-state index contributed by atoms with van der Waals surface area (Å²) in [6.45, 7) is 3.45. The summed E-state index contributed by atoms with van der Waals surface area (Å²) in [6.07, 6.45) is 4.55. The van der Waals surface area contributed by atoms with Crippen molar-refractivity contribution in [2.45, 2.75) is 39.0 Å². The number of benzene rings is 2. The molecule has 1 aliphatic carbocycles. The number of fused-ring (bicyclic) bond motifs is 1. The van der Waals surface area contributed by atoms with Gasteiger partial charge in [-0.15, -0.1) is 5.10 Å². The summed E-state index contributed by atoms with van der Waals surface area (Å²) >= 11 is 0. The van der Waals surface area contributed by atoms with Gasteiger partial charge >= 0.3 is 0 Å². The van der Waals surface area contributed by atoms with Crippen LogP contribution in [0.25, 0.3) is 11.3 Å². The highest BCUT2D eigenvalue weighted by molar-refractivity contribution is 5.64. The van der Waals surface area contributed by atoms with Crippen molar-refractivity contribution in [1.82, 2.24) is 15.0 Å². The summed E-state index contributed by atoms with van der Waals surface area (Å²) in [7, 11) is 0. The highest BCUT2D eigenvalue weighted by Crippen LogP contribution is 2.32. The topological polar surface area (TPSA) is 39.9 Å². The smallest absolute Gasteiger partial charge is 0.113 e. The molecule has 5 rings (SSSR count). The number of rotatable bonds is 3. The van der Waals surface area contributed by atoms with Gasteiger partial charge in [0.15, 0.2) is 0 Å². The molecule has 1 saturated carbocycles. The third-order valence-electron chi connectivity index (χ3n) is 5.23. The van der Waals surface area contributed by atoms with Crippen LogP contribution in [0.4, 0.5) is 0 Å². The molecular formula is C23H21N3O. The van der Waals surface area contributed by atoms with E-state index >= 15 is 0 Å². The number of aryl methyl sites for hydroxylation is 1. The van der Waals surface area contributed by atoms with Crippen molar-refractivity contribution in [3.63, 3.8) is 0 Å². The molecular weight excluding hydrogens is 334 g/mol. The summed E-state index contributed by atoms with van der Waals surface area (Å²) in [5.74, 6) is 7.22. The highest BCUT2D eigenvalue weighted by atomic mass is 16.5. The second kappa shape index (κ2) is 6.68. The lowest BCUT2D eigenvalue weighted by Gasteiger charge is -2.10. The Morgan fingerprint density at radius 2 is 2.07 bits per heavy atom. The maximum Gasteiger partial charge on any atom is 0.113 e. The number of nitrogens with zero attached hydrogens (tertiary/aromatic N) is 3. The van der Waals surface area contributed by atoms with Gasteiger partial charge in [0, 0.05) is 17.0 Å². The van der Waals surface area contributed by atoms with Crippen LogP contribution in [0.5, 0.6) is 0 Å². The van der Waals surface area contributed by atoms with Crippen LogP contribution < -0.4 is 0 Å². The minimum atomic E-state index is 0.0388. The Labute approximate surface area is 159 Å². The van der Waals surface area contributed by atoms with Gasteiger partial charge in [-0.1, -0.05) is 47.4 Å². The average molecular weight is 355 g/mol. The molecule has 1 fully saturated rings. The largest absolute Gasteiger partial charge is 0.367 e. The Bertz CT molecular complexity index is 1050. The van der Waals surface area contributed by atoms with Gasteiger partial charge in [-0.25, -0.2) is 4.68 Å². The van der Waals surface area contributed by atoms with Gasteiger partial charge in [-0.2, -0.15) is 0 Å². The van der Waals surface area contributed by atoms with E-state index in [1.165, 1.54) is 29.5 Å². The molecule has 4 nitrogen and oxygen atoms in total. The number of hydrogen-bond acceptors (Lipinski definition) is 3. The van der Waals surface area contributed by atoms with Crippen LogP contribution >= 0.6 is 0 Å². The zero-order valence-corrected chi connectivity index (χ0v) is 15.4. The molecule has 0 bridgehead atoms. The normalized spacial score (nSPS) is 18.0. The highest BCUT2D eigenvalue weighted by Gasteiger charge is 2.23. The van der Waals surface area contributed by atoms with E-state index in [9.17, 15) is 0 Å². The van der Waals surface area contributed by atoms with Crippen molar-refractivity contribution in [3.05, 3.63) is 70.9 Å². The fourth-order valence-electron chi connectivity index (χ4n) is 3.53. The first-order valence-corrected chi connectivity index (χ1v) is 9.48. The Hall–Kier alpha value is -2.90. The Balaban J connectivity index is 1.34. The van der Waals surface area contributed by atoms with E-state index in [2.05, 4.69) is 71.5 Å². The van der Waals surface area contributed by atoms with Crippen LogP contribution in [0.2, 0.25) is 0 Å². The van der Waals surface area contributed by atoms with Crippen molar-refractivity contribution in [3.8, 4) is 23.1 Å². The van der Waals surface area contributed by atoms with Crippen LogP contribution in [0.3, 0.4) is 0 Å². The predicted octanol–water partition coefficient (Wildman–Crippen LogP) is 4.29. The molecule has 1 atom stereocenters. The second-order valence-electron chi connectivity index (χ2n) is 7.40. The first kappa shape index (κ1) is 16.3. The summed E-state index contributed by atoms with van der Waals surface area (Å²) in [4.78, 5) is 0. The van der Waals surface area contributed by atoms with E-state index < -0.39 is 0 Å². The minimum Gasteiger partial charge on any atom is -0.367 e. The van der Waals surface area contributed by atoms with Gasteiger partial charge in [-0.05, 0) is 48.6 Å². The van der Waals surface area contributed by atoms with E-state index in [0.717, 1.165) is 16.8 Å². The molecule has 1 unspecified atom stereocenters. The quantitative estimate of drug-likeness (QED) is 0.658. The van der Waals surface area contributed by atoms with Gasteiger partial charge < -0.3 is 4.74 Å². The lowest BCUT2D eigenvalue weighted by atomic mass is 10.0. The second-order valence-corrected chi connectivity index (χ2v) is 7.40. The molecule has 0 spiro atoms. The average Bonchev–Trinajstić information content (AvgIpc) is 3.26. The maximum atomic E-state index is 5.93. The fraction of sp³-hybridized carbons (Fsp3) is 0.304. The van der Waals surface area contributed by atoms with Gasteiger partial charge in [0.1, 0.15) is 11.8 Å². The van der Waals surface area contributed by atoms with Crippen molar-refractivity contribution >= 4 is 0 Å². The van der Waals surface area contributed by atoms with Crippen LogP contribution in [-0.4, -0.2) is 15.0 Å². The number of aromatic nitrogens is 3. The van der Waals surface area contributed by atoms with Crippen LogP contribution in [0.15, 0.2) is 48.7 Å². The van der Waals surface area contributed by atoms with Gasteiger partial charge in [0.25, 0.3) is 0 Å². The zero-order valence-electron chi connectivity index (χ0n) is 15.4. The van der Waals surface area contributed by atoms with Gasteiger partial charge in [0.2, 0.25) is 0 Å². The van der Waals surface area contributed by atoms with E-state index in [-0.39, 0.29) is 6.10 Å². The number of hydrogen-bond donors (Lipinski definition) is 0. The molecule has 0 N–H and O–H groups in total. The lowest BCUT2D eigenvalue weighted by Crippen LogP contribution is -2.08. The lowest BCUT2D eigenvalue weighted by molar-refractivity contribution is 0.0509. The molecule has 3 aromatic rings. The molecule has 134 valence electrons. The molecule has 0 saturated heterocycles. The molecule has 1 aromatic heterocycles. The summed E-state index contributed by atoms with van der Waals surface area (Å²) < 4.78 is 7.81. The van der Waals surface area contributed by atoms with Crippen molar-refractivity contribution in [1.29, 1.82) is 0 Å². The third-order valence-corrected chi connectivity index (χ3v) is 5.23. The molecule has 1 aliphatic heterocycles. The third kappa shape index (κ3) is 3.39. The fourth-order valence-corrected chi connectivity index (χ4v) is 3.53. The van der Waals surface area contributed by atoms with Crippen molar-refractivity contribution in [2.75, 3.05) is 0 Å². The van der Waals surface area contributed by atoms with E-state index in [0.29, 0.717) is 19.1 Å². The Morgan fingerprint density at radius 1 is 1.19 bits per heavy atom. The van der Waals surface area contributed by atoms with Gasteiger partial charge in [0.05, 0.1) is 19.3 Å². The van der Waals surface area contributed by atoms with E-state index in [1.807, 2.05) is 10.9 Å². The Morgan fingerprint density at radius 3 is 2.93 bits per heavy atom. The summed E-state index contributed by atoms with van der Waals surface area (Å²) in [6, 6.07) is 14.7. The van der Waals surface area contributed by atoms with Crippen LogP contribution in [0.1, 0.15) is 41.2 Å². The molecule has 0 amide bonds. The molecule has 27 heavy (non-hydrogen) atoms. The SMILES string of the molecule is Cc1cc(C#CC2CC2)ccc1-c1cn(CC2OCc3ccccc32)nn1. The predicted molar refractivity (Wildman–Crippen MR) is 104 cm³/mol. The maximum absolute atomic E-state index is 5.93. The van der Waals surface area contributed by atoms with Crippen molar-refractivity contribution < 1.29 is 4.74 Å². The van der Waals surface area contributed by atoms with Crippen LogP contribution in [-0.2, 0) is 17.9 Å². The number of ether oxygens (including phenoxy) is 1. The molecule has 2 heterocycles. The monoisotopic (exact) mass is 355 g/mol. The molecule has 4 heteroatoms. The zero-order chi connectivity index (χ0) is 18.2. The standard InChI is InChI=1S/C23H21N3O/c1-16-12-18(9-8-17-6-7-17)10-11-20(16)22-13-26(25-24-22)14-23-21-5-3-2-4-19(21)15-27-23/h2-5,10-13,17,23H,6-7,14-15H2,1H3. The first-order valence-electron chi connectivity index (χ1n) is 9.48. The van der Waals surface area contributed by atoms with Crippen LogP contribution in [0, 0.1) is 24.7 Å². The van der Waals surface area contributed by atoms with Crippen molar-refractivity contribution in [2.24, 2.45) is 5.92 Å². The molecule has 2 aliphatic rings. The summed E-state index contributed by atoms with van der Waals surface area (Å²) in [5, 5.41) is 8.70.